The average Bonchev–Trinajstić information content (AvgIpc) is 3.34. The number of nitrogens with one attached hydrogen (secondary N) is 1. The predicted molar refractivity (Wildman–Crippen MR) is 110 cm³/mol. The third-order valence-electron chi connectivity index (χ3n) is 5.34. The quantitative estimate of drug-likeness (QED) is 0.724. The summed E-state index contributed by atoms with van der Waals surface area (Å²) >= 11 is 8.19. The van der Waals surface area contributed by atoms with Gasteiger partial charge in [-0.05, 0) is 72.7 Å². The van der Waals surface area contributed by atoms with Crippen LogP contribution in [0.25, 0.3) is 0 Å². The van der Waals surface area contributed by atoms with Gasteiger partial charge in [0.05, 0.1) is 16.8 Å². The van der Waals surface area contributed by atoms with Gasteiger partial charge in [-0.25, -0.2) is 4.79 Å². The van der Waals surface area contributed by atoms with Gasteiger partial charge in [-0.2, -0.15) is 11.3 Å². The van der Waals surface area contributed by atoms with E-state index in [0.29, 0.717) is 5.02 Å². The largest absolute Gasteiger partial charge is 0.370 e. The Morgan fingerprint density at radius 1 is 1.12 bits per heavy atom. The number of piperidine rings is 1. The highest BCUT2D eigenvalue weighted by molar-refractivity contribution is 7.08. The highest BCUT2D eigenvalue weighted by Gasteiger charge is 2.30. The van der Waals surface area contributed by atoms with Crippen LogP contribution in [0.4, 0.5) is 16.2 Å². The molecule has 4 rings (SSSR count). The summed E-state index contributed by atoms with van der Waals surface area (Å²) in [5, 5.41) is 7.95. The Kier molecular flexibility index (Phi) is 5.36. The Labute approximate surface area is 163 Å². The molecule has 2 aliphatic rings. The Bertz CT molecular complexity index is 758. The molecular formula is C20H24ClN3OS. The van der Waals surface area contributed by atoms with E-state index in [4.69, 9.17) is 11.6 Å². The lowest BCUT2D eigenvalue weighted by Gasteiger charge is -2.30. The normalized spacial score (nSPS) is 20.4. The van der Waals surface area contributed by atoms with Crippen LogP contribution in [0.1, 0.15) is 43.7 Å². The monoisotopic (exact) mass is 389 g/mol. The van der Waals surface area contributed by atoms with Crippen molar-refractivity contribution < 1.29 is 4.79 Å². The number of carbonyl (C=O) groups excluding carboxylic acids is 1. The molecule has 2 aromatic rings. The number of nitrogens with zero attached hydrogens (tertiary/aromatic N) is 2. The van der Waals surface area contributed by atoms with Crippen molar-refractivity contribution in [2.45, 2.75) is 38.1 Å². The Hall–Kier alpha value is -1.72. The molecular weight excluding hydrogens is 366 g/mol. The van der Waals surface area contributed by atoms with Gasteiger partial charge in [-0.3, -0.25) is 0 Å². The second kappa shape index (κ2) is 7.89. The number of rotatable bonds is 3. The van der Waals surface area contributed by atoms with E-state index in [-0.39, 0.29) is 12.1 Å². The van der Waals surface area contributed by atoms with Crippen LogP contribution in [0.15, 0.2) is 35.0 Å². The molecule has 0 bridgehead atoms. The number of hydrogen-bond donors (Lipinski definition) is 1. The van der Waals surface area contributed by atoms with Gasteiger partial charge < -0.3 is 15.1 Å². The number of carbonyl (C=O) groups is 1. The second-order valence-electron chi connectivity index (χ2n) is 7.05. The van der Waals surface area contributed by atoms with Gasteiger partial charge in [0.2, 0.25) is 0 Å². The van der Waals surface area contributed by atoms with Crippen LogP contribution >= 0.6 is 22.9 Å². The topological polar surface area (TPSA) is 35.6 Å². The van der Waals surface area contributed by atoms with Gasteiger partial charge in [0.15, 0.2) is 0 Å². The van der Waals surface area contributed by atoms with E-state index in [1.54, 1.807) is 11.3 Å². The maximum atomic E-state index is 12.8. The Morgan fingerprint density at radius 3 is 2.69 bits per heavy atom. The maximum Gasteiger partial charge on any atom is 0.322 e. The molecule has 1 aromatic heterocycles. The zero-order chi connectivity index (χ0) is 17.9. The van der Waals surface area contributed by atoms with E-state index in [1.807, 2.05) is 23.1 Å². The number of anilines is 2. The number of halogens is 1. The van der Waals surface area contributed by atoms with E-state index >= 15 is 0 Å². The van der Waals surface area contributed by atoms with E-state index in [9.17, 15) is 4.79 Å². The molecule has 0 saturated carbocycles. The molecule has 1 aromatic carbocycles. The molecule has 1 N–H and O–H groups in total. The summed E-state index contributed by atoms with van der Waals surface area (Å²) in [6.07, 6.45) is 5.80. The van der Waals surface area contributed by atoms with Crippen LogP contribution in [0, 0.1) is 0 Å². The zero-order valence-electron chi connectivity index (χ0n) is 14.8. The molecule has 2 amide bonds. The SMILES string of the molecule is O=C(Nc1ccc(N2CCCCC2)c(Cl)c1)N1CCCC1c1ccsc1. The lowest BCUT2D eigenvalue weighted by atomic mass is 10.1. The highest BCUT2D eigenvalue weighted by Crippen LogP contribution is 2.34. The number of benzene rings is 1. The standard InChI is InChI=1S/C20H24ClN3OS/c21-17-13-16(6-7-19(17)23-9-2-1-3-10-23)22-20(25)24-11-4-5-18(24)15-8-12-26-14-15/h6-8,12-14,18H,1-5,9-11H2,(H,22,25). The minimum Gasteiger partial charge on any atom is -0.370 e. The van der Waals surface area contributed by atoms with E-state index < -0.39 is 0 Å². The molecule has 1 unspecified atom stereocenters. The molecule has 6 heteroatoms. The van der Waals surface area contributed by atoms with Crippen molar-refractivity contribution in [1.82, 2.24) is 4.90 Å². The molecule has 138 valence electrons. The fourth-order valence-electron chi connectivity index (χ4n) is 3.99. The summed E-state index contributed by atoms with van der Waals surface area (Å²) in [6.45, 7) is 2.91. The summed E-state index contributed by atoms with van der Waals surface area (Å²) in [4.78, 5) is 17.1. The van der Waals surface area contributed by atoms with Crippen molar-refractivity contribution in [1.29, 1.82) is 0 Å². The molecule has 0 radical (unpaired) electrons. The third kappa shape index (κ3) is 3.69. The van der Waals surface area contributed by atoms with Gasteiger partial charge in [-0.1, -0.05) is 11.6 Å². The van der Waals surface area contributed by atoms with Gasteiger partial charge in [0.1, 0.15) is 0 Å². The van der Waals surface area contributed by atoms with Crippen molar-refractivity contribution in [2.75, 3.05) is 29.9 Å². The van der Waals surface area contributed by atoms with Crippen LogP contribution in [-0.2, 0) is 0 Å². The van der Waals surface area contributed by atoms with Gasteiger partial charge in [0.25, 0.3) is 0 Å². The molecule has 26 heavy (non-hydrogen) atoms. The molecule has 2 aliphatic heterocycles. The molecule has 0 aliphatic carbocycles. The lowest BCUT2D eigenvalue weighted by Crippen LogP contribution is -2.34. The zero-order valence-corrected chi connectivity index (χ0v) is 16.4. The Balaban J connectivity index is 1.45. The van der Waals surface area contributed by atoms with Crippen LogP contribution in [-0.4, -0.2) is 30.6 Å². The first-order valence-corrected chi connectivity index (χ1v) is 10.7. The molecule has 4 nitrogen and oxygen atoms in total. The molecule has 0 spiro atoms. The van der Waals surface area contributed by atoms with Gasteiger partial charge in [-0.15, -0.1) is 0 Å². The predicted octanol–water partition coefficient (Wildman–Crippen LogP) is 5.76. The summed E-state index contributed by atoms with van der Waals surface area (Å²) in [5.41, 5.74) is 3.07. The number of urea groups is 1. The lowest BCUT2D eigenvalue weighted by molar-refractivity contribution is 0.207. The summed E-state index contributed by atoms with van der Waals surface area (Å²) in [5.74, 6) is 0. The van der Waals surface area contributed by atoms with Gasteiger partial charge >= 0.3 is 6.03 Å². The van der Waals surface area contributed by atoms with Crippen LogP contribution < -0.4 is 10.2 Å². The first kappa shape index (κ1) is 17.7. The number of hydrogen-bond acceptors (Lipinski definition) is 3. The fourth-order valence-corrected chi connectivity index (χ4v) is 5.00. The molecule has 2 saturated heterocycles. The maximum absolute atomic E-state index is 12.8. The molecule has 3 heterocycles. The van der Waals surface area contributed by atoms with E-state index in [0.717, 1.165) is 43.9 Å². The van der Waals surface area contributed by atoms with Crippen LogP contribution in [0.2, 0.25) is 5.02 Å². The minimum atomic E-state index is -0.0412. The van der Waals surface area contributed by atoms with E-state index in [2.05, 4.69) is 27.0 Å². The second-order valence-corrected chi connectivity index (χ2v) is 8.24. The minimum absolute atomic E-state index is 0.0412. The van der Waals surface area contributed by atoms with Crippen molar-refractivity contribution in [3.63, 3.8) is 0 Å². The van der Waals surface area contributed by atoms with Crippen molar-refractivity contribution >= 4 is 40.3 Å². The van der Waals surface area contributed by atoms with Crippen LogP contribution in [0.3, 0.4) is 0 Å². The van der Waals surface area contributed by atoms with Gasteiger partial charge in [0, 0.05) is 25.3 Å². The fraction of sp³-hybridized carbons (Fsp3) is 0.450. The van der Waals surface area contributed by atoms with Crippen molar-refractivity contribution in [2.24, 2.45) is 0 Å². The Morgan fingerprint density at radius 2 is 1.96 bits per heavy atom. The molecule has 2 fully saturated rings. The van der Waals surface area contributed by atoms with Crippen molar-refractivity contribution in [3.05, 3.63) is 45.6 Å². The van der Waals surface area contributed by atoms with Crippen molar-refractivity contribution in [3.8, 4) is 0 Å². The smallest absolute Gasteiger partial charge is 0.322 e. The highest BCUT2D eigenvalue weighted by atomic mass is 35.5. The third-order valence-corrected chi connectivity index (χ3v) is 6.34. The number of thiophene rings is 1. The summed E-state index contributed by atoms with van der Waals surface area (Å²) in [7, 11) is 0. The molecule has 1 atom stereocenters. The van der Waals surface area contributed by atoms with Crippen LogP contribution in [0.5, 0.6) is 0 Å². The average molecular weight is 390 g/mol. The summed E-state index contributed by atoms with van der Waals surface area (Å²) < 4.78 is 0. The van der Waals surface area contributed by atoms with E-state index in [1.165, 1.54) is 24.8 Å². The first-order valence-electron chi connectivity index (χ1n) is 9.36. The number of amides is 2. The first-order chi connectivity index (χ1) is 12.7. The summed E-state index contributed by atoms with van der Waals surface area (Å²) in [6, 6.07) is 8.13. The number of likely N-dealkylation sites (tertiary alicyclic amines) is 1.